The second kappa shape index (κ2) is 4.79. The highest BCUT2D eigenvalue weighted by atomic mass is 32.2. The molecule has 0 radical (unpaired) electrons. The van der Waals surface area contributed by atoms with E-state index in [2.05, 4.69) is 0 Å². The molecule has 17 heavy (non-hydrogen) atoms. The molecule has 0 aromatic heterocycles. The third kappa shape index (κ3) is 2.24. The van der Waals surface area contributed by atoms with Gasteiger partial charge in [0.2, 0.25) is 5.91 Å². The molecule has 0 aliphatic carbocycles. The van der Waals surface area contributed by atoms with E-state index < -0.39 is 16.8 Å². The molecular formula is C9H12N2O4S2. The van der Waals surface area contributed by atoms with Gasteiger partial charge in [-0.05, 0) is 0 Å². The number of nitrogens with two attached hydrogens (primary N) is 1. The molecule has 0 aromatic carbocycles. The normalized spacial score (nSPS) is 24.6. The Morgan fingerprint density at radius 2 is 2.35 bits per heavy atom. The minimum Gasteiger partial charge on any atom is -0.477 e. The number of β-lactam (4-membered cyclic amide) rings is 1. The zero-order valence-corrected chi connectivity index (χ0v) is 10.6. The number of rotatable bonds is 5. The summed E-state index contributed by atoms with van der Waals surface area (Å²) >= 11 is 1.32. The number of carbonyl (C=O) groups excluding carboxylic acids is 1. The summed E-state index contributed by atoms with van der Waals surface area (Å²) in [6, 6.07) is 0. The lowest BCUT2D eigenvalue weighted by Gasteiger charge is -2.33. The average molecular weight is 276 g/mol. The van der Waals surface area contributed by atoms with Crippen LogP contribution in [-0.2, 0) is 20.4 Å². The van der Waals surface area contributed by atoms with Crippen LogP contribution in [-0.4, -0.2) is 49.5 Å². The molecule has 1 fully saturated rings. The summed E-state index contributed by atoms with van der Waals surface area (Å²) in [5, 5.41) is 8.97. The number of nitrogens with zero attached hydrogens (tertiary/aromatic N) is 1. The van der Waals surface area contributed by atoms with E-state index in [0.717, 1.165) is 0 Å². The molecule has 94 valence electrons. The fourth-order valence-corrected chi connectivity index (χ4v) is 4.46. The number of carbonyl (C=O) groups is 2. The maximum atomic E-state index is 11.6. The Morgan fingerprint density at radius 3 is 2.88 bits per heavy atom. The van der Waals surface area contributed by atoms with Crippen molar-refractivity contribution in [1.29, 1.82) is 0 Å². The first kappa shape index (κ1) is 12.6. The predicted molar refractivity (Wildman–Crippen MR) is 64.4 cm³/mol. The second-order valence-electron chi connectivity index (χ2n) is 3.69. The number of carboxylic acid groups (broad SMARTS) is 1. The first-order chi connectivity index (χ1) is 8.04. The van der Waals surface area contributed by atoms with Gasteiger partial charge in [-0.1, -0.05) is 0 Å². The lowest BCUT2D eigenvalue weighted by atomic mass is 10.1. The van der Waals surface area contributed by atoms with Crippen LogP contribution in [0.5, 0.6) is 0 Å². The largest absolute Gasteiger partial charge is 0.477 e. The summed E-state index contributed by atoms with van der Waals surface area (Å²) in [6.07, 6.45) is 0.356. The summed E-state index contributed by atoms with van der Waals surface area (Å²) in [4.78, 5) is 24.2. The van der Waals surface area contributed by atoms with Crippen LogP contribution in [0.25, 0.3) is 0 Å². The van der Waals surface area contributed by atoms with Crippen molar-refractivity contribution in [2.75, 3.05) is 18.1 Å². The average Bonchev–Trinajstić information content (AvgIpc) is 2.51. The molecule has 3 N–H and O–H groups in total. The topological polar surface area (TPSA) is 101 Å². The Bertz CT molecular complexity index is 435. The Morgan fingerprint density at radius 1 is 1.65 bits per heavy atom. The highest BCUT2D eigenvalue weighted by Crippen LogP contribution is 2.46. The summed E-state index contributed by atoms with van der Waals surface area (Å²) in [5.41, 5.74) is 5.29. The van der Waals surface area contributed by atoms with E-state index >= 15 is 0 Å². The van der Waals surface area contributed by atoms with Crippen LogP contribution in [0.4, 0.5) is 0 Å². The third-order valence-corrected chi connectivity index (χ3v) is 5.29. The number of hydrogen-bond donors (Lipinski definition) is 2. The quantitative estimate of drug-likeness (QED) is 0.644. The highest BCUT2D eigenvalue weighted by molar-refractivity contribution is 8.05. The van der Waals surface area contributed by atoms with Crippen molar-refractivity contribution in [2.45, 2.75) is 11.8 Å². The van der Waals surface area contributed by atoms with Gasteiger partial charge in [0.05, 0.1) is 17.5 Å². The Hall–Kier alpha value is -0.860. The van der Waals surface area contributed by atoms with Crippen molar-refractivity contribution >= 4 is 34.4 Å². The molecule has 0 saturated carbocycles. The van der Waals surface area contributed by atoms with Crippen LogP contribution >= 0.6 is 11.8 Å². The number of thioether (sulfide) groups is 1. The third-order valence-electron chi connectivity index (χ3n) is 2.53. The van der Waals surface area contributed by atoms with E-state index in [9.17, 15) is 13.8 Å². The van der Waals surface area contributed by atoms with Gasteiger partial charge in [-0.15, -0.1) is 11.8 Å². The lowest BCUT2D eigenvalue weighted by molar-refractivity contribution is -0.145. The van der Waals surface area contributed by atoms with Gasteiger partial charge >= 0.3 is 5.97 Å². The van der Waals surface area contributed by atoms with Gasteiger partial charge in [-0.3, -0.25) is 13.9 Å². The van der Waals surface area contributed by atoms with Gasteiger partial charge in [0.25, 0.3) is 0 Å². The van der Waals surface area contributed by atoms with Gasteiger partial charge in [0, 0.05) is 28.0 Å². The molecule has 2 aliphatic rings. The summed E-state index contributed by atoms with van der Waals surface area (Å²) in [5.74, 6) is -0.799. The zero-order chi connectivity index (χ0) is 12.6. The molecule has 2 aliphatic heterocycles. The summed E-state index contributed by atoms with van der Waals surface area (Å²) in [7, 11) is -1.17. The molecule has 0 spiro atoms. The van der Waals surface area contributed by atoms with Crippen molar-refractivity contribution in [2.24, 2.45) is 5.73 Å². The molecule has 1 saturated heterocycles. The summed E-state index contributed by atoms with van der Waals surface area (Å²) < 4.78 is 11.6. The number of fused-ring (bicyclic) bond motifs is 1. The smallest absolute Gasteiger partial charge is 0.353 e. The maximum Gasteiger partial charge on any atom is 0.353 e. The molecule has 8 heteroatoms. The molecule has 6 nitrogen and oxygen atoms in total. The van der Waals surface area contributed by atoms with Gasteiger partial charge in [-0.25, -0.2) is 4.79 Å². The minimum atomic E-state index is -1.17. The van der Waals surface area contributed by atoms with Crippen LogP contribution in [0, 0.1) is 0 Å². The van der Waals surface area contributed by atoms with Crippen molar-refractivity contribution in [1.82, 2.24) is 4.90 Å². The molecule has 0 bridgehead atoms. The maximum absolute atomic E-state index is 11.6. The van der Waals surface area contributed by atoms with Gasteiger partial charge in [0.1, 0.15) is 5.70 Å². The fraction of sp³-hybridized carbons (Fsp3) is 0.556. The van der Waals surface area contributed by atoms with Gasteiger partial charge in [-0.2, -0.15) is 0 Å². The Labute approximate surface area is 105 Å². The molecule has 0 aromatic rings. The number of amides is 1. The second-order valence-corrected chi connectivity index (χ2v) is 6.54. The van der Waals surface area contributed by atoms with E-state index in [1.54, 1.807) is 0 Å². The van der Waals surface area contributed by atoms with E-state index in [-0.39, 0.29) is 22.7 Å². The number of carboxylic acids is 1. The standard InChI is InChI=1S/C9H12N2O4S2/c10-1-2-17(15)4-5-8(9(13)14)11-6(12)3-7(11)16-5/h7H,1-4,10H2,(H,13,14)/t7-,17?/m0/s1. The van der Waals surface area contributed by atoms with Crippen LogP contribution in [0.15, 0.2) is 10.6 Å². The molecule has 2 rings (SSSR count). The lowest BCUT2D eigenvalue weighted by Crippen LogP contribution is -2.48. The predicted octanol–water partition coefficient (Wildman–Crippen LogP) is -0.705. The Kier molecular flexibility index (Phi) is 3.55. The zero-order valence-electron chi connectivity index (χ0n) is 8.92. The molecule has 2 heterocycles. The molecular weight excluding hydrogens is 264 g/mol. The van der Waals surface area contributed by atoms with Crippen LogP contribution in [0.2, 0.25) is 0 Å². The van der Waals surface area contributed by atoms with Crippen LogP contribution < -0.4 is 5.73 Å². The van der Waals surface area contributed by atoms with E-state index in [1.165, 1.54) is 16.7 Å². The summed E-state index contributed by atoms with van der Waals surface area (Å²) in [6.45, 7) is 0.305. The first-order valence-corrected chi connectivity index (χ1v) is 7.41. The van der Waals surface area contributed by atoms with Crippen molar-refractivity contribution < 1.29 is 18.9 Å². The van der Waals surface area contributed by atoms with E-state index in [1.807, 2.05) is 0 Å². The molecule has 1 unspecified atom stereocenters. The van der Waals surface area contributed by atoms with Crippen molar-refractivity contribution in [3.8, 4) is 0 Å². The van der Waals surface area contributed by atoms with Crippen LogP contribution in [0.1, 0.15) is 6.42 Å². The van der Waals surface area contributed by atoms with E-state index in [0.29, 0.717) is 23.6 Å². The van der Waals surface area contributed by atoms with Crippen LogP contribution in [0.3, 0.4) is 0 Å². The van der Waals surface area contributed by atoms with E-state index in [4.69, 9.17) is 10.8 Å². The number of aliphatic carboxylic acids is 1. The van der Waals surface area contributed by atoms with Crippen molar-refractivity contribution in [3.05, 3.63) is 10.6 Å². The highest BCUT2D eigenvalue weighted by Gasteiger charge is 2.48. The molecule has 2 atom stereocenters. The minimum absolute atomic E-state index is 0.00150. The van der Waals surface area contributed by atoms with Gasteiger partial charge in [0.15, 0.2) is 0 Å². The SMILES string of the molecule is NCCS(=O)CC1=C(C(=O)O)N2C(=O)C[C@@H]2S1. The molecule has 1 amide bonds. The van der Waals surface area contributed by atoms with Gasteiger partial charge < -0.3 is 10.8 Å². The Balaban J connectivity index is 2.17. The fourth-order valence-electron chi connectivity index (χ4n) is 1.78. The first-order valence-electron chi connectivity index (χ1n) is 5.04. The van der Waals surface area contributed by atoms with Crippen molar-refractivity contribution in [3.63, 3.8) is 0 Å². The number of hydrogen-bond acceptors (Lipinski definition) is 5. The monoisotopic (exact) mass is 276 g/mol.